The number of imide groups is 1. The van der Waals surface area contributed by atoms with Crippen molar-refractivity contribution in [3.05, 3.63) is 35.6 Å². The molecule has 0 unspecified atom stereocenters. The molecule has 136 valence electrons. The molecule has 7 nitrogen and oxygen atoms in total. The number of urea groups is 1. The lowest BCUT2D eigenvalue weighted by Gasteiger charge is -2.25. The fourth-order valence-electron chi connectivity index (χ4n) is 3.24. The van der Waals surface area contributed by atoms with Crippen molar-refractivity contribution in [2.24, 2.45) is 5.92 Å². The van der Waals surface area contributed by atoms with E-state index in [-0.39, 0.29) is 11.5 Å². The first kappa shape index (κ1) is 17.9. The highest BCUT2D eigenvalue weighted by Gasteiger charge is 2.51. The summed E-state index contributed by atoms with van der Waals surface area (Å²) in [5.74, 6) is -1.88. The van der Waals surface area contributed by atoms with Gasteiger partial charge in [0.05, 0.1) is 6.07 Å². The average molecular weight is 358 g/mol. The molecule has 0 radical (unpaired) electrons. The maximum absolute atomic E-state index is 14.1. The minimum atomic E-state index is -1.59. The van der Waals surface area contributed by atoms with Gasteiger partial charge in [0.2, 0.25) is 5.91 Å². The van der Waals surface area contributed by atoms with Gasteiger partial charge >= 0.3 is 6.03 Å². The van der Waals surface area contributed by atoms with E-state index in [2.05, 4.69) is 16.7 Å². The highest BCUT2D eigenvalue weighted by Crippen LogP contribution is 2.39. The number of benzene rings is 1. The summed E-state index contributed by atoms with van der Waals surface area (Å²) in [4.78, 5) is 38.0. The molecule has 2 fully saturated rings. The van der Waals surface area contributed by atoms with Crippen LogP contribution in [0.5, 0.6) is 0 Å². The summed E-state index contributed by atoms with van der Waals surface area (Å²) in [6.07, 6.45) is 1.69. The van der Waals surface area contributed by atoms with Crippen LogP contribution in [0.3, 0.4) is 0 Å². The Bertz CT molecular complexity index is 832. The molecule has 1 aliphatic heterocycles. The second kappa shape index (κ2) is 6.09. The van der Waals surface area contributed by atoms with E-state index in [4.69, 9.17) is 0 Å². The number of nitrogens with one attached hydrogen (secondary N) is 2. The monoisotopic (exact) mass is 358 g/mol. The maximum Gasteiger partial charge on any atom is 0.325 e. The van der Waals surface area contributed by atoms with Crippen molar-refractivity contribution in [2.45, 2.75) is 37.8 Å². The van der Waals surface area contributed by atoms with Gasteiger partial charge in [-0.05, 0) is 38.7 Å². The van der Waals surface area contributed by atoms with Crippen LogP contribution >= 0.6 is 0 Å². The van der Waals surface area contributed by atoms with Crippen molar-refractivity contribution in [1.29, 1.82) is 5.26 Å². The van der Waals surface area contributed by atoms with Crippen LogP contribution in [0, 0.1) is 23.1 Å². The van der Waals surface area contributed by atoms with Gasteiger partial charge in [0.25, 0.3) is 5.91 Å². The Labute approximate surface area is 150 Å². The average Bonchev–Trinajstić information content (AvgIpc) is 3.41. The Morgan fingerprint density at radius 2 is 2.12 bits per heavy atom. The van der Waals surface area contributed by atoms with Crippen LogP contribution in [-0.2, 0) is 15.1 Å². The molecule has 1 aromatic carbocycles. The van der Waals surface area contributed by atoms with Gasteiger partial charge in [0.15, 0.2) is 0 Å². The molecule has 0 aromatic heterocycles. The zero-order valence-corrected chi connectivity index (χ0v) is 14.5. The van der Waals surface area contributed by atoms with E-state index in [1.165, 1.54) is 25.1 Å². The van der Waals surface area contributed by atoms with Crippen LogP contribution in [0.25, 0.3) is 0 Å². The maximum atomic E-state index is 14.1. The minimum Gasteiger partial charge on any atom is -0.336 e. The lowest BCUT2D eigenvalue weighted by atomic mass is 9.91. The molecular weight excluding hydrogens is 339 g/mol. The molecule has 1 aromatic rings. The molecule has 8 heteroatoms. The summed E-state index contributed by atoms with van der Waals surface area (Å²) in [5.41, 5.74) is -2.58. The van der Waals surface area contributed by atoms with Crippen molar-refractivity contribution in [2.75, 3.05) is 6.54 Å². The molecule has 0 bridgehead atoms. The topological polar surface area (TPSA) is 102 Å². The van der Waals surface area contributed by atoms with E-state index in [9.17, 15) is 24.0 Å². The molecule has 4 amide bonds. The third kappa shape index (κ3) is 2.90. The molecule has 3 rings (SSSR count). The smallest absolute Gasteiger partial charge is 0.325 e. The lowest BCUT2D eigenvalue weighted by molar-refractivity contribution is -0.135. The highest BCUT2D eigenvalue weighted by molar-refractivity contribution is 6.09. The van der Waals surface area contributed by atoms with Gasteiger partial charge < -0.3 is 10.6 Å². The zero-order valence-electron chi connectivity index (χ0n) is 14.5. The van der Waals surface area contributed by atoms with E-state index in [0.717, 1.165) is 17.7 Å². The van der Waals surface area contributed by atoms with Crippen LogP contribution in [-0.4, -0.2) is 34.8 Å². The first-order valence-electron chi connectivity index (χ1n) is 8.32. The molecule has 26 heavy (non-hydrogen) atoms. The van der Waals surface area contributed by atoms with Crippen molar-refractivity contribution in [3.8, 4) is 6.07 Å². The SMILES string of the molecule is C[C@]1(c2ccccc2F)NC(=O)N(CC(=O)N[C@@](C)(C#N)C2CC2)C1=O. The van der Waals surface area contributed by atoms with Gasteiger partial charge in [0, 0.05) is 5.56 Å². The number of amides is 4. The molecular formula is C18H19FN4O3. The van der Waals surface area contributed by atoms with Crippen molar-refractivity contribution >= 4 is 17.8 Å². The number of nitriles is 1. The predicted molar refractivity (Wildman–Crippen MR) is 88.9 cm³/mol. The summed E-state index contributed by atoms with van der Waals surface area (Å²) < 4.78 is 14.1. The molecule has 1 saturated heterocycles. The second-order valence-corrected chi connectivity index (χ2v) is 7.06. The quantitative estimate of drug-likeness (QED) is 0.777. The number of hydrogen-bond donors (Lipinski definition) is 2. The Kier molecular flexibility index (Phi) is 4.18. The molecule has 1 saturated carbocycles. The number of rotatable bonds is 5. The first-order valence-corrected chi connectivity index (χ1v) is 8.32. The lowest BCUT2D eigenvalue weighted by Crippen LogP contribution is -2.51. The standard InChI is InChI=1S/C18H19FN4O3/c1-17(10-20,11-7-8-11)21-14(24)9-23-15(25)18(2,22-16(23)26)12-5-3-4-6-13(12)19/h3-6,11H,7-9H2,1-2H3,(H,21,24)(H,22,26)/t17-,18+/m0/s1. The third-order valence-corrected chi connectivity index (χ3v) is 5.01. The predicted octanol–water partition coefficient (Wildman–Crippen LogP) is 1.40. The van der Waals surface area contributed by atoms with Crippen LogP contribution < -0.4 is 10.6 Å². The normalized spacial score (nSPS) is 24.6. The first-order chi connectivity index (χ1) is 12.2. The van der Waals surface area contributed by atoms with Crippen molar-refractivity contribution < 1.29 is 18.8 Å². The highest BCUT2D eigenvalue weighted by atomic mass is 19.1. The van der Waals surface area contributed by atoms with Crippen molar-refractivity contribution in [1.82, 2.24) is 15.5 Å². The van der Waals surface area contributed by atoms with E-state index in [0.29, 0.717) is 0 Å². The fourth-order valence-corrected chi connectivity index (χ4v) is 3.24. The molecule has 2 N–H and O–H groups in total. The number of halogens is 1. The third-order valence-electron chi connectivity index (χ3n) is 5.01. The van der Waals surface area contributed by atoms with E-state index in [1.54, 1.807) is 13.0 Å². The van der Waals surface area contributed by atoms with Gasteiger partial charge in [0.1, 0.15) is 23.4 Å². The Hall–Kier alpha value is -2.95. The van der Waals surface area contributed by atoms with Gasteiger partial charge in [-0.1, -0.05) is 18.2 Å². The van der Waals surface area contributed by atoms with E-state index in [1.807, 2.05) is 0 Å². The number of hydrogen-bond acceptors (Lipinski definition) is 4. The van der Waals surface area contributed by atoms with Crippen LogP contribution in [0.4, 0.5) is 9.18 Å². The van der Waals surface area contributed by atoms with E-state index >= 15 is 0 Å². The minimum absolute atomic E-state index is 0.0288. The number of nitrogens with zero attached hydrogens (tertiary/aromatic N) is 2. The van der Waals surface area contributed by atoms with Gasteiger partial charge in [-0.3, -0.25) is 14.5 Å². The molecule has 1 aliphatic carbocycles. The summed E-state index contributed by atoms with van der Waals surface area (Å²) >= 11 is 0. The van der Waals surface area contributed by atoms with Crippen LogP contribution in [0.15, 0.2) is 24.3 Å². The molecule has 0 spiro atoms. The van der Waals surface area contributed by atoms with Gasteiger partial charge in [-0.2, -0.15) is 5.26 Å². The summed E-state index contributed by atoms with van der Waals surface area (Å²) in [7, 11) is 0. The Morgan fingerprint density at radius 1 is 1.46 bits per heavy atom. The summed E-state index contributed by atoms with van der Waals surface area (Å²) in [6, 6.07) is 6.96. The van der Waals surface area contributed by atoms with Gasteiger partial charge in [-0.15, -0.1) is 0 Å². The molecule has 1 heterocycles. The number of carbonyl (C=O) groups is 3. The fraction of sp³-hybridized carbons (Fsp3) is 0.444. The summed E-state index contributed by atoms with van der Waals surface area (Å²) in [6.45, 7) is 2.49. The van der Waals surface area contributed by atoms with Crippen molar-refractivity contribution in [3.63, 3.8) is 0 Å². The van der Waals surface area contributed by atoms with Crippen LogP contribution in [0.1, 0.15) is 32.3 Å². The molecule has 2 aliphatic rings. The number of carbonyl (C=O) groups excluding carboxylic acids is 3. The van der Waals surface area contributed by atoms with Crippen LogP contribution in [0.2, 0.25) is 0 Å². The Morgan fingerprint density at radius 3 is 2.69 bits per heavy atom. The van der Waals surface area contributed by atoms with Gasteiger partial charge in [-0.25, -0.2) is 9.18 Å². The van der Waals surface area contributed by atoms with E-state index < -0.39 is 41.3 Å². The Balaban J connectivity index is 1.76. The largest absolute Gasteiger partial charge is 0.336 e. The molecule has 2 atom stereocenters. The summed E-state index contributed by atoms with van der Waals surface area (Å²) in [5, 5.41) is 14.4. The zero-order chi connectivity index (χ0) is 19.1. The second-order valence-electron chi connectivity index (χ2n) is 7.06.